The van der Waals surface area contributed by atoms with Gasteiger partial charge in [-0.25, -0.2) is 0 Å². The first-order valence-corrected chi connectivity index (χ1v) is 4.82. The molecule has 1 aliphatic carbocycles. The molecule has 1 saturated carbocycles. The zero-order valence-electron chi connectivity index (χ0n) is 8.89. The minimum Gasteiger partial charge on any atom is -0.372 e. The van der Waals surface area contributed by atoms with Crippen LogP contribution in [0.3, 0.4) is 0 Å². The van der Waals surface area contributed by atoms with Crippen molar-refractivity contribution in [1.29, 1.82) is 0 Å². The van der Waals surface area contributed by atoms with Gasteiger partial charge in [-0.2, -0.15) is 0 Å². The fraction of sp³-hybridized carbons (Fsp3) is 0.900. The highest BCUT2D eigenvalue weighted by molar-refractivity contribution is 5.73. The van der Waals surface area contributed by atoms with Crippen LogP contribution < -0.4 is 5.32 Å². The maximum Gasteiger partial charge on any atom is 0.217 e. The van der Waals surface area contributed by atoms with Gasteiger partial charge in [-0.05, 0) is 33.6 Å². The summed E-state index contributed by atoms with van der Waals surface area (Å²) in [5, 5.41) is 2.88. The van der Waals surface area contributed by atoms with Crippen LogP contribution >= 0.6 is 0 Å². The van der Waals surface area contributed by atoms with E-state index in [9.17, 15) is 4.79 Å². The van der Waals surface area contributed by atoms with Crippen molar-refractivity contribution in [3.05, 3.63) is 0 Å². The fourth-order valence-electron chi connectivity index (χ4n) is 1.57. The Bertz CT molecular complexity index is 190. The minimum atomic E-state index is -0.0636. The third-order valence-electron chi connectivity index (χ3n) is 2.02. The van der Waals surface area contributed by atoms with Gasteiger partial charge in [-0.1, -0.05) is 0 Å². The van der Waals surface area contributed by atoms with E-state index >= 15 is 0 Å². The molecule has 0 spiro atoms. The topological polar surface area (TPSA) is 38.3 Å². The quantitative estimate of drug-likeness (QED) is 0.707. The molecule has 0 bridgehead atoms. The van der Waals surface area contributed by atoms with E-state index in [-0.39, 0.29) is 11.5 Å². The first-order valence-electron chi connectivity index (χ1n) is 4.82. The number of carbonyl (C=O) groups is 1. The highest BCUT2D eigenvalue weighted by atomic mass is 16.5. The predicted octanol–water partition coefficient (Wildman–Crippen LogP) is 1.47. The van der Waals surface area contributed by atoms with E-state index in [1.54, 1.807) is 6.92 Å². The zero-order chi connectivity index (χ0) is 10.1. The summed E-state index contributed by atoms with van der Waals surface area (Å²) in [6.07, 6.45) is 2.24. The third kappa shape index (κ3) is 3.77. The average Bonchev–Trinajstić information content (AvgIpc) is 1.78. The van der Waals surface area contributed by atoms with Gasteiger partial charge in [0.15, 0.2) is 0 Å². The van der Waals surface area contributed by atoms with Crippen LogP contribution in [0.4, 0.5) is 0 Å². The SMILES string of the molecule is CC(=O)NC1CC(OC(C)(C)C)C1. The van der Waals surface area contributed by atoms with Gasteiger partial charge in [0.2, 0.25) is 5.91 Å². The van der Waals surface area contributed by atoms with Crippen molar-refractivity contribution in [2.45, 2.75) is 58.3 Å². The number of amides is 1. The van der Waals surface area contributed by atoms with Gasteiger partial charge in [-0.15, -0.1) is 0 Å². The van der Waals surface area contributed by atoms with Crippen molar-refractivity contribution in [3.8, 4) is 0 Å². The summed E-state index contributed by atoms with van der Waals surface area (Å²) in [5.41, 5.74) is -0.0636. The number of nitrogens with one attached hydrogen (secondary N) is 1. The van der Waals surface area contributed by atoms with Crippen LogP contribution in [0.1, 0.15) is 40.5 Å². The van der Waals surface area contributed by atoms with Crippen LogP contribution in [0.5, 0.6) is 0 Å². The van der Waals surface area contributed by atoms with Crippen LogP contribution in [0.2, 0.25) is 0 Å². The molecule has 0 aromatic rings. The zero-order valence-corrected chi connectivity index (χ0v) is 8.89. The molecule has 76 valence electrons. The Morgan fingerprint density at radius 3 is 2.31 bits per heavy atom. The van der Waals surface area contributed by atoms with Gasteiger partial charge < -0.3 is 10.1 Å². The predicted molar refractivity (Wildman–Crippen MR) is 51.5 cm³/mol. The lowest BCUT2D eigenvalue weighted by molar-refractivity contribution is -0.125. The van der Waals surface area contributed by atoms with Crippen LogP contribution in [0.25, 0.3) is 0 Å². The monoisotopic (exact) mass is 185 g/mol. The number of rotatable bonds is 2. The molecular formula is C10H19NO2. The molecule has 1 rings (SSSR count). The van der Waals surface area contributed by atoms with Crippen molar-refractivity contribution in [2.24, 2.45) is 0 Å². The van der Waals surface area contributed by atoms with E-state index in [4.69, 9.17) is 4.74 Å². The van der Waals surface area contributed by atoms with Gasteiger partial charge >= 0.3 is 0 Å². The Balaban J connectivity index is 2.15. The van der Waals surface area contributed by atoms with E-state index in [1.165, 1.54) is 0 Å². The maximum absolute atomic E-state index is 10.7. The molecule has 0 saturated heterocycles. The van der Waals surface area contributed by atoms with Gasteiger partial charge in [0.1, 0.15) is 0 Å². The van der Waals surface area contributed by atoms with Gasteiger partial charge in [0.05, 0.1) is 11.7 Å². The van der Waals surface area contributed by atoms with E-state index in [2.05, 4.69) is 26.1 Å². The maximum atomic E-state index is 10.7. The molecular weight excluding hydrogens is 166 g/mol. The Hall–Kier alpha value is -0.570. The first kappa shape index (κ1) is 10.5. The number of ether oxygens (including phenoxy) is 1. The average molecular weight is 185 g/mol. The summed E-state index contributed by atoms with van der Waals surface area (Å²) in [6, 6.07) is 0.338. The Morgan fingerprint density at radius 2 is 1.92 bits per heavy atom. The summed E-state index contributed by atoms with van der Waals surface area (Å²) >= 11 is 0. The Labute approximate surface area is 79.8 Å². The van der Waals surface area contributed by atoms with Crippen LogP contribution in [0, 0.1) is 0 Å². The molecule has 13 heavy (non-hydrogen) atoms. The van der Waals surface area contributed by atoms with E-state index in [1.807, 2.05) is 0 Å². The van der Waals surface area contributed by atoms with Crippen molar-refractivity contribution in [3.63, 3.8) is 0 Å². The van der Waals surface area contributed by atoms with E-state index in [0.717, 1.165) is 12.8 Å². The highest BCUT2D eigenvalue weighted by Gasteiger charge is 2.33. The van der Waals surface area contributed by atoms with Gasteiger partial charge in [0.25, 0.3) is 0 Å². The molecule has 3 heteroatoms. The summed E-state index contributed by atoms with van der Waals surface area (Å²) in [7, 11) is 0. The largest absolute Gasteiger partial charge is 0.372 e. The Morgan fingerprint density at radius 1 is 1.38 bits per heavy atom. The molecule has 0 aromatic carbocycles. The van der Waals surface area contributed by atoms with Crippen molar-refractivity contribution >= 4 is 5.91 Å². The summed E-state index contributed by atoms with van der Waals surface area (Å²) in [6.45, 7) is 7.72. The Kier molecular flexibility index (Phi) is 2.96. The smallest absolute Gasteiger partial charge is 0.217 e. The highest BCUT2D eigenvalue weighted by Crippen LogP contribution is 2.27. The van der Waals surface area contributed by atoms with Crippen molar-refractivity contribution in [2.75, 3.05) is 0 Å². The summed E-state index contributed by atoms with van der Waals surface area (Å²) in [5.74, 6) is 0.0548. The fourth-order valence-corrected chi connectivity index (χ4v) is 1.57. The molecule has 0 aliphatic heterocycles. The standard InChI is InChI=1S/C10H19NO2/c1-7(12)11-8-5-9(6-8)13-10(2,3)4/h8-9H,5-6H2,1-4H3,(H,11,12). The lowest BCUT2D eigenvalue weighted by Crippen LogP contribution is -2.49. The second-order valence-corrected chi connectivity index (χ2v) is 4.72. The molecule has 1 aliphatic rings. The molecule has 1 amide bonds. The summed E-state index contributed by atoms with van der Waals surface area (Å²) in [4.78, 5) is 10.7. The van der Waals surface area contributed by atoms with Gasteiger partial charge in [0, 0.05) is 13.0 Å². The van der Waals surface area contributed by atoms with Crippen molar-refractivity contribution in [1.82, 2.24) is 5.32 Å². The van der Waals surface area contributed by atoms with E-state index in [0.29, 0.717) is 12.1 Å². The number of carbonyl (C=O) groups excluding carboxylic acids is 1. The van der Waals surface area contributed by atoms with Crippen LogP contribution in [-0.2, 0) is 9.53 Å². The lowest BCUT2D eigenvalue weighted by Gasteiger charge is -2.39. The molecule has 0 aromatic heterocycles. The minimum absolute atomic E-state index is 0.0548. The lowest BCUT2D eigenvalue weighted by atomic mass is 9.88. The molecule has 3 nitrogen and oxygen atoms in total. The normalized spacial score (nSPS) is 28.0. The third-order valence-corrected chi connectivity index (χ3v) is 2.02. The molecule has 0 heterocycles. The molecule has 1 fully saturated rings. The molecule has 0 unspecified atom stereocenters. The second kappa shape index (κ2) is 3.66. The van der Waals surface area contributed by atoms with Gasteiger partial charge in [-0.3, -0.25) is 4.79 Å². The first-order chi connectivity index (χ1) is 5.87. The molecule has 0 radical (unpaired) electrons. The van der Waals surface area contributed by atoms with Crippen molar-refractivity contribution < 1.29 is 9.53 Å². The molecule has 1 N–H and O–H groups in total. The summed E-state index contributed by atoms with van der Waals surface area (Å²) < 4.78 is 5.73. The van der Waals surface area contributed by atoms with E-state index < -0.39 is 0 Å². The van der Waals surface area contributed by atoms with Crippen LogP contribution in [-0.4, -0.2) is 23.7 Å². The molecule has 0 atom stereocenters. The second-order valence-electron chi connectivity index (χ2n) is 4.72. The number of hydrogen-bond donors (Lipinski definition) is 1. The van der Waals surface area contributed by atoms with Crippen LogP contribution in [0.15, 0.2) is 0 Å². The number of hydrogen-bond acceptors (Lipinski definition) is 2.